The van der Waals surface area contributed by atoms with E-state index >= 15 is 0 Å². The fraction of sp³-hybridized carbons (Fsp3) is 1.00. The van der Waals surface area contributed by atoms with Crippen LogP contribution in [0, 0.1) is 0 Å². The summed E-state index contributed by atoms with van der Waals surface area (Å²) < 4.78 is 0. The van der Waals surface area contributed by atoms with Gasteiger partial charge in [-0.25, -0.2) is 0 Å². The van der Waals surface area contributed by atoms with Crippen molar-refractivity contribution < 1.29 is 0 Å². The van der Waals surface area contributed by atoms with Crippen molar-refractivity contribution in [3.8, 4) is 0 Å². The van der Waals surface area contributed by atoms with Crippen LogP contribution in [-0.4, -0.2) is 25.6 Å². The highest BCUT2D eigenvalue weighted by atomic mass is 32.2. The molecular weight excluding hydrogens is 118 g/mol. The van der Waals surface area contributed by atoms with Gasteiger partial charge in [-0.05, 0) is 38.4 Å². The number of hydrogen-bond acceptors (Lipinski definition) is 2. The first kappa shape index (κ1) is 8.31. The molecule has 1 fully saturated rings. The largest absolute Gasteiger partial charge is 0.323 e. The Kier molecular flexibility index (Phi) is 7.59. The molecule has 1 aliphatic heterocycles. The molecule has 0 saturated carbocycles. The lowest BCUT2D eigenvalue weighted by Crippen LogP contribution is -1.89. The Morgan fingerprint density at radius 3 is 1.62 bits per heavy atom. The lowest BCUT2D eigenvalue weighted by Gasteiger charge is -1.69. The van der Waals surface area contributed by atoms with Gasteiger partial charge in [-0.2, -0.15) is 11.8 Å². The number of nitrogens with one attached hydrogen (secondary N) is 1. The quantitative estimate of drug-likeness (QED) is 0.535. The lowest BCUT2D eigenvalue weighted by molar-refractivity contribution is 0.949. The molecule has 0 aliphatic carbocycles. The lowest BCUT2D eigenvalue weighted by atomic mass is 10.4. The van der Waals surface area contributed by atoms with Gasteiger partial charge in [0.1, 0.15) is 0 Å². The average Bonchev–Trinajstić information content (AvgIpc) is 2.17. The summed E-state index contributed by atoms with van der Waals surface area (Å²) in [5.41, 5.74) is 0. The molecule has 0 unspecified atom stereocenters. The molecule has 0 aromatic rings. The van der Waals surface area contributed by atoms with Crippen LogP contribution >= 0.6 is 11.8 Å². The van der Waals surface area contributed by atoms with Crippen LogP contribution < -0.4 is 5.32 Å². The van der Waals surface area contributed by atoms with E-state index in [0.29, 0.717) is 0 Å². The van der Waals surface area contributed by atoms with Crippen molar-refractivity contribution in [2.45, 2.75) is 12.8 Å². The Balaban J connectivity index is 0.000000145. The second kappa shape index (κ2) is 7.31. The Morgan fingerprint density at radius 2 is 1.50 bits per heavy atom. The normalized spacial score (nSPS) is 17.2. The van der Waals surface area contributed by atoms with Gasteiger partial charge >= 0.3 is 0 Å². The third kappa shape index (κ3) is 6.31. The summed E-state index contributed by atoms with van der Waals surface area (Å²) in [6.45, 7) is 0. The first-order valence-electron chi connectivity index (χ1n) is 3.08. The van der Waals surface area contributed by atoms with Crippen LogP contribution in [0.2, 0.25) is 0 Å². The molecule has 1 nitrogen and oxygen atoms in total. The van der Waals surface area contributed by atoms with Gasteiger partial charge in [-0.3, -0.25) is 0 Å². The summed E-state index contributed by atoms with van der Waals surface area (Å²) in [5, 5.41) is 2.75. The summed E-state index contributed by atoms with van der Waals surface area (Å²) in [7, 11) is 3.75. The van der Waals surface area contributed by atoms with Crippen LogP contribution in [0.1, 0.15) is 12.8 Å². The Bertz CT molecular complexity index is 27.9. The molecule has 50 valence electrons. The minimum absolute atomic E-state index is 1.42. The molecule has 0 spiro atoms. The summed E-state index contributed by atoms with van der Waals surface area (Å²) >= 11 is 2.07. The molecule has 8 heavy (non-hydrogen) atoms. The van der Waals surface area contributed by atoms with Gasteiger partial charge in [0.2, 0.25) is 0 Å². The van der Waals surface area contributed by atoms with E-state index < -0.39 is 0 Å². The number of rotatable bonds is 0. The smallest absolute Gasteiger partial charge is 0.00672 e. The molecule has 0 atom stereocenters. The molecule has 1 saturated heterocycles. The zero-order chi connectivity index (χ0) is 6.24. The fourth-order valence-electron chi connectivity index (χ4n) is 0.510. The van der Waals surface area contributed by atoms with E-state index in [-0.39, 0.29) is 0 Å². The second-order valence-corrected chi connectivity index (χ2v) is 3.04. The molecule has 0 bridgehead atoms. The monoisotopic (exact) mass is 133 g/mol. The molecule has 0 aromatic heterocycles. The van der Waals surface area contributed by atoms with Gasteiger partial charge < -0.3 is 5.32 Å². The Hall–Kier alpha value is 0.310. The van der Waals surface area contributed by atoms with Gasteiger partial charge in [0, 0.05) is 0 Å². The molecule has 1 N–H and O–H groups in total. The Labute approximate surface area is 56.2 Å². The zero-order valence-electron chi connectivity index (χ0n) is 5.74. The number of hydrogen-bond donors (Lipinski definition) is 1. The van der Waals surface area contributed by atoms with Crippen LogP contribution in [0.5, 0.6) is 0 Å². The minimum atomic E-state index is 1.42. The predicted molar refractivity (Wildman–Crippen MR) is 41.5 cm³/mol. The summed E-state index contributed by atoms with van der Waals surface area (Å²) in [6.07, 6.45) is 2.93. The Morgan fingerprint density at radius 1 is 1.12 bits per heavy atom. The molecule has 1 heterocycles. The summed E-state index contributed by atoms with van der Waals surface area (Å²) in [4.78, 5) is 0. The average molecular weight is 133 g/mol. The van der Waals surface area contributed by atoms with Gasteiger partial charge in [-0.1, -0.05) is 0 Å². The standard InChI is InChI=1S/C4H8S.C2H7N/c1-2-4-5-3-1;1-3-2/h1-4H2;3H,1-2H3. The van der Waals surface area contributed by atoms with Crippen LogP contribution in [-0.2, 0) is 0 Å². The molecule has 1 aliphatic rings. The molecule has 0 radical (unpaired) electrons. The first-order chi connectivity index (χ1) is 3.91. The topological polar surface area (TPSA) is 12.0 Å². The third-order valence-electron chi connectivity index (χ3n) is 0.827. The van der Waals surface area contributed by atoms with E-state index in [4.69, 9.17) is 0 Å². The van der Waals surface area contributed by atoms with E-state index in [1.165, 1.54) is 24.3 Å². The van der Waals surface area contributed by atoms with Crippen molar-refractivity contribution in [3.05, 3.63) is 0 Å². The van der Waals surface area contributed by atoms with Crippen molar-refractivity contribution in [3.63, 3.8) is 0 Å². The minimum Gasteiger partial charge on any atom is -0.323 e. The van der Waals surface area contributed by atoms with Crippen LogP contribution in [0.25, 0.3) is 0 Å². The van der Waals surface area contributed by atoms with Crippen molar-refractivity contribution >= 4 is 11.8 Å². The van der Waals surface area contributed by atoms with Crippen molar-refractivity contribution in [1.29, 1.82) is 0 Å². The van der Waals surface area contributed by atoms with Crippen molar-refractivity contribution in [2.75, 3.05) is 25.6 Å². The predicted octanol–water partition coefficient (Wildman–Crippen LogP) is 1.35. The molecular formula is C6H15NS. The maximum atomic E-state index is 2.75. The van der Waals surface area contributed by atoms with Gasteiger partial charge in [-0.15, -0.1) is 0 Å². The van der Waals surface area contributed by atoms with Crippen molar-refractivity contribution in [1.82, 2.24) is 5.32 Å². The van der Waals surface area contributed by atoms with E-state index in [1.807, 2.05) is 14.1 Å². The van der Waals surface area contributed by atoms with Gasteiger partial charge in [0.15, 0.2) is 0 Å². The van der Waals surface area contributed by atoms with Gasteiger partial charge in [0.25, 0.3) is 0 Å². The molecule has 1 rings (SSSR count). The van der Waals surface area contributed by atoms with E-state index in [9.17, 15) is 0 Å². The third-order valence-corrected chi connectivity index (χ3v) is 1.98. The zero-order valence-corrected chi connectivity index (χ0v) is 6.55. The van der Waals surface area contributed by atoms with Gasteiger partial charge in [0.05, 0.1) is 0 Å². The maximum absolute atomic E-state index is 2.75. The van der Waals surface area contributed by atoms with Crippen LogP contribution in [0.4, 0.5) is 0 Å². The summed E-state index contributed by atoms with van der Waals surface area (Å²) in [5.74, 6) is 2.83. The second-order valence-electron chi connectivity index (χ2n) is 1.82. The first-order valence-corrected chi connectivity index (χ1v) is 4.23. The van der Waals surface area contributed by atoms with Crippen LogP contribution in [0.15, 0.2) is 0 Å². The molecule has 0 aromatic carbocycles. The number of thioether (sulfide) groups is 1. The van der Waals surface area contributed by atoms with Crippen LogP contribution in [0.3, 0.4) is 0 Å². The SMILES string of the molecule is C1CCSC1.CNC. The maximum Gasteiger partial charge on any atom is -0.00672 e. The van der Waals surface area contributed by atoms with E-state index in [1.54, 1.807) is 0 Å². The van der Waals surface area contributed by atoms with Crippen molar-refractivity contribution in [2.24, 2.45) is 0 Å². The fourth-order valence-corrected chi connectivity index (χ4v) is 1.53. The molecule has 0 amide bonds. The highest BCUT2D eigenvalue weighted by Gasteiger charge is 1.95. The highest BCUT2D eigenvalue weighted by molar-refractivity contribution is 7.99. The van der Waals surface area contributed by atoms with E-state index in [0.717, 1.165) is 0 Å². The summed E-state index contributed by atoms with van der Waals surface area (Å²) in [6, 6.07) is 0. The molecule has 2 heteroatoms. The van der Waals surface area contributed by atoms with E-state index in [2.05, 4.69) is 17.1 Å². The highest BCUT2D eigenvalue weighted by Crippen LogP contribution is 2.14.